The van der Waals surface area contributed by atoms with Gasteiger partial charge in [0.05, 0.1) is 23.8 Å². The highest BCUT2D eigenvalue weighted by Crippen LogP contribution is 2.28. The number of benzene rings is 4. The van der Waals surface area contributed by atoms with Gasteiger partial charge in [-0.2, -0.15) is 5.10 Å². The van der Waals surface area contributed by atoms with Gasteiger partial charge in [-0.25, -0.2) is 18.6 Å². The SMILES string of the molecule is COc1cc(/C=N/NC(=O)c2ccc(NS(=O)(=O)c3ccccc3)cc2)ccc1OC(=O)c1ccccc1. The van der Waals surface area contributed by atoms with Crippen LogP contribution in [0.3, 0.4) is 0 Å². The van der Waals surface area contributed by atoms with Crippen LogP contribution in [0.25, 0.3) is 0 Å². The smallest absolute Gasteiger partial charge is 0.343 e. The summed E-state index contributed by atoms with van der Waals surface area (Å²) in [5.74, 6) is -0.445. The fourth-order valence-corrected chi connectivity index (χ4v) is 4.39. The topological polar surface area (TPSA) is 123 Å². The van der Waals surface area contributed by atoms with E-state index in [2.05, 4.69) is 15.2 Å². The summed E-state index contributed by atoms with van der Waals surface area (Å²) in [7, 11) is -2.29. The standard InChI is InChI=1S/C28H23N3O6S/c1-36-26-18-20(12-17-25(26)37-28(33)22-8-4-2-5-9-22)19-29-30-27(32)21-13-15-23(16-14-21)31-38(34,35)24-10-6-3-7-11-24/h2-19,31H,1H3,(H,30,32)/b29-19+. The van der Waals surface area contributed by atoms with Gasteiger partial charge in [0, 0.05) is 11.3 Å². The molecule has 1 amide bonds. The van der Waals surface area contributed by atoms with Gasteiger partial charge in [-0.3, -0.25) is 9.52 Å². The Balaban J connectivity index is 1.36. The number of sulfonamides is 1. The molecule has 10 heteroatoms. The minimum atomic E-state index is -3.73. The van der Waals surface area contributed by atoms with Crippen molar-refractivity contribution < 1.29 is 27.5 Å². The van der Waals surface area contributed by atoms with E-state index in [-0.39, 0.29) is 16.2 Å². The van der Waals surface area contributed by atoms with Gasteiger partial charge in [0.15, 0.2) is 11.5 Å². The lowest BCUT2D eigenvalue weighted by Gasteiger charge is -2.10. The molecule has 0 aliphatic heterocycles. The maximum Gasteiger partial charge on any atom is 0.343 e. The number of carbonyl (C=O) groups is 2. The Bertz CT molecular complexity index is 1560. The number of esters is 1. The van der Waals surface area contributed by atoms with Crippen LogP contribution in [0.15, 0.2) is 113 Å². The number of rotatable bonds is 9. The summed E-state index contributed by atoms with van der Waals surface area (Å²) in [6.07, 6.45) is 1.41. The van der Waals surface area contributed by atoms with Gasteiger partial charge in [0.2, 0.25) is 0 Å². The Hall–Kier alpha value is -4.96. The van der Waals surface area contributed by atoms with Gasteiger partial charge in [-0.1, -0.05) is 36.4 Å². The molecule has 0 fully saturated rings. The first-order chi connectivity index (χ1) is 18.4. The van der Waals surface area contributed by atoms with Crippen molar-refractivity contribution >= 4 is 33.8 Å². The number of amides is 1. The summed E-state index contributed by atoms with van der Waals surface area (Å²) in [6.45, 7) is 0. The van der Waals surface area contributed by atoms with Crippen LogP contribution in [-0.4, -0.2) is 33.6 Å². The number of nitrogens with one attached hydrogen (secondary N) is 2. The van der Waals surface area contributed by atoms with Crippen molar-refractivity contribution in [2.24, 2.45) is 5.10 Å². The van der Waals surface area contributed by atoms with Crippen molar-refractivity contribution in [1.29, 1.82) is 0 Å². The molecule has 0 saturated heterocycles. The van der Waals surface area contributed by atoms with Gasteiger partial charge in [-0.15, -0.1) is 0 Å². The molecule has 38 heavy (non-hydrogen) atoms. The first kappa shape index (κ1) is 26.1. The maximum atomic E-state index is 12.4. The summed E-state index contributed by atoms with van der Waals surface area (Å²) < 4.78 is 38.1. The lowest BCUT2D eigenvalue weighted by molar-refractivity contribution is 0.0729. The van der Waals surface area contributed by atoms with Crippen LogP contribution in [0.2, 0.25) is 0 Å². The summed E-state index contributed by atoms with van der Waals surface area (Å²) >= 11 is 0. The highest BCUT2D eigenvalue weighted by Gasteiger charge is 2.14. The largest absolute Gasteiger partial charge is 0.493 e. The monoisotopic (exact) mass is 529 g/mol. The Morgan fingerprint density at radius 2 is 1.45 bits per heavy atom. The van der Waals surface area contributed by atoms with E-state index in [1.807, 2.05) is 0 Å². The quantitative estimate of drug-likeness (QED) is 0.143. The predicted molar refractivity (Wildman–Crippen MR) is 143 cm³/mol. The molecule has 4 aromatic rings. The van der Waals surface area contributed by atoms with Crippen LogP contribution in [0, 0.1) is 0 Å². The molecular weight excluding hydrogens is 506 g/mol. The summed E-state index contributed by atoms with van der Waals surface area (Å²) in [5.41, 5.74) is 4.01. The van der Waals surface area contributed by atoms with Gasteiger partial charge in [0.25, 0.3) is 15.9 Å². The van der Waals surface area contributed by atoms with Gasteiger partial charge >= 0.3 is 5.97 Å². The Labute approximate surface area is 219 Å². The van der Waals surface area contributed by atoms with Crippen molar-refractivity contribution in [1.82, 2.24) is 5.43 Å². The van der Waals surface area contributed by atoms with E-state index in [0.29, 0.717) is 22.6 Å². The molecule has 0 aliphatic rings. The average molecular weight is 530 g/mol. The van der Waals surface area contributed by atoms with Crippen LogP contribution < -0.4 is 19.6 Å². The number of ether oxygens (including phenoxy) is 2. The molecule has 0 unspecified atom stereocenters. The van der Waals surface area contributed by atoms with Crippen LogP contribution >= 0.6 is 0 Å². The molecule has 0 aromatic heterocycles. The number of methoxy groups -OCH3 is 1. The zero-order chi connectivity index (χ0) is 27.0. The number of nitrogens with zero attached hydrogens (tertiary/aromatic N) is 1. The Morgan fingerprint density at radius 3 is 2.11 bits per heavy atom. The number of hydrazone groups is 1. The fourth-order valence-electron chi connectivity index (χ4n) is 3.32. The molecule has 4 aromatic carbocycles. The Morgan fingerprint density at radius 1 is 0.789 bits per heavy atom. The fraction of sp³-hybridized carbons (Fsp3) is 0.0357. The lowest BCUT2D eigenvalue weighted by Crippen LogP contribution is -2.18. The number of anilines is 1. The maximum absolute atomic E-state index is 12.4. The molecule has 4 rings (SSSR count). The zero-order valence-corrected chi connectivity index (χ0v) is 21.0. The Kier molecular flexibility index (Phi) is 8.14. The second-order valence-electron chi connectivity index (χ2n) is 7.86. The summed E-state index contributed by atoms with van der Waals surface area (Å²) in [4.78, 5) is 24.9. The highest BCUT2D eigenvalue weighted by molar-refractivity contribution is 7.92. The number of hydrogen-bond donors (Lipinski definition) is 2. The second kappa shape index (κ2) is 11.8. The normalized spacial score (nSPS) is 11.1. The third kappa shape index (κ3) is 6.62. The molecule has 0 heterocycles. The molecule has 192 valence electrons. The van der Waals surface area contributed by atoms with Crippen molar-refractivity contribution in [3.05, 3.63) is 120 Å². The highest BCUT2D eigenvalue weighted by atomic mass is 32.2. The van der Waals surface area contributed by atoms with E-state index in [1.165, 1.54) is 49.7 Å². The second-order valence-corrected chi connectivity index (χ2v) is 9.54. The molecule has 0 spiro atoms. The van der Waals surface area contributed by atoms with E-state index < -0.39 is 21.9 Å². The molecular formula is C28H23N3O6S. The van der Waals surface area contributed by atoms with Crippen molar-refractivity contribution in [3.8, 4) is 11.5 Å². The molecule has 2 N–H and O–H groups in total. The molecule has 0 saturated carbocycles. The minimum Gasteiger partial charge on any atom is -0.493 e. The van der Waals surface area contributed by atoms with Gasteiger partial charge in [-0.05, 0) is 72.3 Å². The molecule has 9 nitrogen and oxygen atoms in total. The zero-order valence-electron chi connectivity index (χ0n) is 20.2. The van der Waals surface area contributed by atoms with Gasteiger partial charge in [0.1, 0.15) is 0 Å². The lowest BCUT2D eigenvalue weighted by atomic mass is 10.2. The third-order valence-electron chi connectivity index (χ3n) is 5.23. The van der Waals surface area contributed by atoms with E-state index in [4.69, 9.17) is 9.47 Å². The van der Waals surface area contributed by atoms with Crippen LogP contribution in [-0.2, 0) is 10.0 Å². The molecule has 0 radical (unpaired) electrons. The predicted octanol–water partition coefficient (Wildman–Crippen LogP) is 4.48. The van der Waals surface area contributed by atoms with E-state index in [0.717, 1.165) is 0 Å². The van der Waals surface area contributed by atoms with Crippen LogP contribution in [0.4, 0.5) is 5.69 Å². The average Bonchev–Trinajstić information content (AvgIpc) is 2.94. The van der Waals surface area contributed by atoms with Crippen LogP contribution in [0.1, 0.15) is 26.3 Å². The first-order valence-electron chi connectivity index (χ1n) is 11.3. The summed E-state index contributed by atoms with van der Waals surface area (Å²) in [6, 6.07) is 27.3. The van der Waals surface area contributed by atoms with Crippen LogP contribution in [0.5, 0.6) is 11.5 Å². The van der Waals surface area contributed by atoms with Crippen molar-refractivity contribution in [2.75, 3.05) is 11.8 Å². The van der Waals surface area contributed by atoms with Crippen molar-refractivity contribution in [3.63, 3.8) is 0 Å². The minimum absolute atomic E-state index is 0.134. The molecule has 0 atom stereocenters. The van der Waals surface area contributed by atoms with E-state index in [1.54, 1.807) is 66.7 Å². The first-order valence-corrected chi connectivity index (χ1v) is 12.8. The van der Waals surface area contributed by atoms with E-state index >= 15 is 0 Å². The number of carbonyl (C=O) groups excluding carboxylic acids is 2. The number of hydrogen-bond acceptors (Lipinski definition) is 7. The van der Waals surface area contributed by atoms with Crippen molar-refractivity contribution in [2.45, 2.75) is 4.90 Å². The summed E-state index contributed by atoms with van der Waals surface area (Å²) in [5, 5.41) is 3.95. The van der Waals surface area contributed by atoms with Gasteiger partial charge < -0.3 is 9.47 Å². The van der Waals surface area contributed by atoms with E-state index in [9.17, 15) is 18.0 Å². The third-order valence-corrected chi connectivity index (χ3v) is 6.63. The molecule has 0 aliphatic carbocycles. The molecule has 0 bridgehead atoms.